The first-order chi connectivity index (χ1) is 17.7. The van der Waals surface area contributed by atoms with Gasteiger partial charge in [-0.1, -0.05) is 0 Å². The van der Waals surface area contributed by atoms with Crippen LogP contribution in [0.3, 0.4) is 0 Å². The average Bonchev–Trinajstić information content (AvgIpc) is 2.82. The largest absolute Gasteiger partial charge is 0.545 e. The first kappa shape index (κ1) is 45.6. The van der Waals surface area contributed by atoms with Crippen LogP contribution < -0.4 is 30.6 Å². The number of aliphatic carboxylic acids is 6. The van der Waals surface area contributed by atoms with Gasteiger partial charge in [-0.2, -0.15) is 0 Å². The second kappa shape index (κ2) is 39.2. The molecule has 0 aliphatic carbocycles. The van der Waals surface area contributed by atoms with E-state index in [1.165, 1.54) is 60.2 Å². The summed E-state index contributed by atoms with van der Waals surface area (Å²) in [7, 11) is 0. The molecule has 0 rings (SSSR count). The van der Waals surface area contributed by atoms with Crippen LogP contribution in [-0.4, -0.2) is 80.9 Å². The molecule has 0 N–H and O–H groups in total. The van der Waals surface area contributed by atoms with Crippen molar-refractivity contribution < 1.29 is 59.4 Å². The van der Waals surface area contributed by atoms with Crippen molar-refractivity contribution in [3.8, 4) is 0 Å². The number of rotatable bonds is 14. The Morgan fingerprint density at radius 2 is 0.605 bits per heavy atom. The minimum absolute atomic E-state index is 0.384. The second-order valence-electron chi connectivity index (χ2n) is 6.54. The van der Waals surface area contributed by atoms with Crippen LogP contribution in [-0.2, 0) is 28.8 Å². The summed E-state index contributed by atoms with van der Waals surface area (Å²) in [5.74, 6) is -9.28. The molecule has 38 heavy (non-hydrogen) atoms. The standard InChI is InChI=1S/2C6H13.3C4H4O4.2Sn/c2*1-3-5-6-4-2;3*5-3(6)1-2-4(7)8;;/h2*1,3-6H2,2H3;3*1-2H,(H,5,6)(H,7,8);;/q;;;;;2*+3/p-6/b;;3*2-1-;;. The maximum atomic E-state index is 9.41. The molecule has 0 heterocycles. The summed E-state index contributed by atoms with van der Waals surface area (Å²) >= 11 is 3.40. The fourth-order valence-corrected chi connectivity index (χ4v) is 2.94. The molecule has 12 nitrogen and oxygen atoms in total. The monoisotopic (exact) mass is 752 g/mol. The van der Waals surface area contributed by atoms with Gasteiger partial charge in [-0.05, 0) is 36.5 Å². The van der Waals surface area contributed by atoms with E-state index in [4.69, 9.17) is 0 Å². The van der Waals surface area contributed by atoms with Crippen LogP contribution in [0, 0.1) is 0 Å². The van der Waals surface area contributed by atoms with Gasteiger partial charge in [-0.25, -0.2) is 0 Å². The first-order valence-electron chi connectivity index (χ1n) is 11.3. The molecule has 0 atom stereocenters. The summed E-state index contributed by atoms with van der Waals surface area (Å²) in [5.41, 5.74) is 0. The fourth-order valence-electron chi connectivity index (χ4n) is 1.51. The number of carbonyl (C=O) groups is 6. The zero-order chi connectivity index (χ0) is 30.8. The summed E-state index contributed by atoms with van der Waals surface area (Å²) < 4.78 is 2.90. The van der Waals surface area contributed by atoms with Crippen molar-refractivity contribution in [1.29, 1.82) is 0 Å². The van der Waals surface area contributed by atoms with Crippen molar-refractivity contribution in [2.24, 2.45) is 0 Å². The number of carboxylic acid groups (broad SMARTS) is 6. The van der Waals surface area contributed by atoms with Gasteiger partial charge in [0.15, 0.2) is 0 Å². The van der Waals surface area contributed by atoms with Crippen LogP contribution >= 0.6 is 0 Å². The Balaban J connectivity index is -0.000000120. The molecule has 0 fully saturated rings. The molecule has 208 valence electrons. The molecule has 0 aliphatic rings. The first-order valence-corrected chi connectivity index (χ1v) is 15.3. The Labute approximate surface area is 249 Å². The molecule has 0 aliphatic heterocycles. The van der Waals surface area contributed by atoms with Crippen LogP contribution in [0.25, 0.3) is 0 Å². The molecule has 0 unspecified atom stereocenters. The van der Waals surface area contributed by atoms with Crippen LogP contribution in [0.4, 0.5) is 0 Å². The predicted molar refractivity (Wildman–Crippen MR) is 127 cm³/mol. The van der Waals surface area contributed by atoms with E-state index in [0.717, 1.165) is 0 Å². The van der Waals surface area contributed by atoms with Crippen molar-refractivity contribution in [2.75, 3.05) is 0 Å². The molecule has 0 aromatic heterocycles. The van der Waals surface area contributed by atoms with Crippen LogP contribution in [0.5, 0.6) is 0 Å². The molecule has 0 bridgehead atoms. The minimum atomic E-state index is -1.55. The van der Waals surface area contributed by atoms with Crippen molar-refractivity contribution in [3.05, 3.63) is 36.5 Å². The summed E-state index contributed by atoms with van der Waals surface area (Å²) in [6.07, 6.45) is 13.8. The van der Waals surface area contributed by atoms with Crippen molar-refractivity contribution in [2.45, 2.75) is 74.1 Å². The molecule has 0 aromatic carbocycles. The summed E-state index contributed by atoms with van der Waals surface area (Å²) in [6, 6.07) is 0. The molecular formula is C24H32O12Sn2. The van der Waals surface area contributed by atoms with E-state index in [9.17, 15) is 59.4 Å². The number of hydrogen-bond donors (Lipinski definition) is 0. The third-order valence-electron chi connectivity index (χ3n) is 3.13. The summed E-state index contributed by atoms with van der Waals surface area (Å²) in [5, 5.41) is 56.5. The normalized spacial score (nSPS) is 9.53. The number of carboxylic acids is 6. The molecule has 0 saturated carbocycles. The minimum Gasteiger partial charge on any atom is -0.545 e. The van der Waals surface area contributed by atoms with Gasteiger partial charge in [0.2, 0.25) is 0 Å². The van der Waals surface area contributed by atoms with E-state index in [1.54, 1.807) is 45.0 Å². The second-order valence-corrected chi connectivity index (χ2v) is 9.39. The third-order valence-corrected chi connectivity index (χ3v) is 5.15. The molecule has 14 heteroatoms. The Kier molecular flexibility index (Phi) is 46.9. The molecule has 0 radical (unpaired) electrons. The van der Waals surface area contributed by atoms with E-state index in [-0.39, 0.29) is 0 Å². The van der Waals surface area contributed by atoms with E-state index in [2.05, 4.69) is 13.8 Å². The predicted octanol–water partition coefficient (Wildman–Crippen LogP) is -4.57. The van der Waals surface area contributed by atoms with Crippen molar-refractivity contribution in [1.82, 2.24) is 0 Å². The summed E-state index contributed by atoms with van der Waals surface area (Å²) in [6.45, 7) is 4.51. The van der Waals surface area contributed by atoms with Gasteiger partial charge in [-0.3, -0.25) is 0 Å². The SMILES string of the molecule is CCCCC[CH2][Sn+3].CCCCC[CH2][Sn+3].O=C([O-])/C=C\C(=O)[O-].O=C([O-])/C=C\C(=O)[O-].O=C([O-])/C=C\C(=O)[O-]. The molecule has 0 saturated heterocycles. The molecular weight excluding hydrogens is 718 g/mol. The van der Waals surface area contributed by atoms with Crippen LogP contribution in [0.1, 0.15) is 65.2 Å². The van der Waals surface area contributed by atoms with Gasteiger partial charge in [0, 0.05) is 0 Å². The van der Waals surface area contributed by atoms with Gasteiger partial charge in [0.1, 0.15) is 0 Å². The average molecular weight is 750 g/mol. The van der Waals surface area contributed by atoms with Gasteiger partial charge in [-0.15, -0.1) is 0 Å². The number of carbonyl (C=O) groups excluding carboxylic acids is 6. The Bertz CT molecular complexity index is 585. The van der Waals surface area contributed by atoms with E-state index >= 15 is 0 Å². The quantitative estimate of drug-likeness (QED) is 0.0927. The van der Waals surface area contributed by atoms with Gasteiger partial charge < -0.3 is 59.4 Å². The zero-order valence-corrected chi connectivity index (χ0v) is 27.1. The Morgan fingerprint density at radius 1 is 0.421 bits per heavy atom. The van der Waals surface area contributed by atoms with E-state index in [0.29, 0.717) is 36.5 Å². The van der Waals surface area contributed by atoms with Crippen molar-refractivity contribution in [3.63, 3.8) is 0 Å². The summed E-state index contributed by atoms with van der Waals surface area (Å²) in [4.78, 5) is 56.5. The third kappa shape index (κ3) is 84.1. The molecule has 0 aromatic rings. The van der Waals surface area contributed by atoms with E-state index in [1.807, 2.05) is 0 Å². The van der Waals surface area contributed by atoms with Crippen LogP contribution in [0.15, 0.2) is 36.5 Å². The van der Waals surface area contributed by atoms with E-state index < -0.39 is 35.8 Å². The molecule has 0 spiro atoms. The van der Waals surface area contributed by atoms with Crippen molar-refractivity contribution >= 4 is 80.9 Å². The van der Waals surface area contributed by atoms with Gasteiger partial charge in [0.05, 0.1) is 35.8 Å². The number of hydrogen-bond acceptors (Lipinski definition) is 12. The zero-order valence-electron chi connectivity index (χ0n) is 21.4. The topological polar surface area (TPSA) is 241 Å². The Morgan fingerprint density at radius 3 is 0.711 bits per heavy atom. The maximum Gasteiger partial charge on any atom is 0.0643 e. The van der Waals surface area contributed by atoms with Crippen LogP contribution in [0.2, 0.25) is 8.87 Å². The van der Waals surface area contributed by atoms with Gasteiger partial charge in [0.25, 0.3) is 0 Å². The fraction of sp³-hybridized carbons (Fsp3) is 0.500. The smallest absolute Gasteiger partial charge is 0.0643 e. The molecule has 0 amide bonds. The number of unbranched alkanes of at least 4 members (excludes halogenated alkanes) is 6. The Hall–Kier alpha value is -2.36. The van der Waals surface area contributed by atoms with Gasteiger partial charge >= 0.3 is 119 Å². The maximum absolute atomic E-state index is 9.41.